The Kier molecular flexibility index (Phi) is 7.72. The fourth-order valence-electron chi connectivity index (χ4n) is 1.10. The third kappa shape index (κ3) is 10.1. The molecule has 122 valence electrons. The van der Waals surface area contributed by atoms with Crippen molar-refractivity contribution in [3.05, 3.63) is 30.6 Å². The lowest BCUT2D eigenvalue weighted by Crippen LogP contribution is -2.28. The van der Waals surface area contributed by atoms with Crippen molar-refractivity contribution in [1.29, 1.82) is 0 Å². The van der Waals surface area contributed by atoms with Crippen molar-refractivity contribution in [3.8, 4) is 0 Å². The van der Waals surface area contributed by atoms with Crippen LogP contribution < -0.4 is 0 Å². The number of rotatable bonds is 5. The summed E-state index contributed by atoms with van der Waals surface area (Å²) in [7, 11) is -5.53. The van der Waals surface area contributed by atoms with Crippen LogP contribution in [0.4, 0.5) is 22.0 Å². The highest BCUT2D eigenvalue weighted by Gasteiger charge is 2.43. The van der Waals surface area contributed by atoms with Crippen LogP contribution in [0.3, 0.4) is 0 Å². The summed E-state index contributed by atoms with van der Waals surface area (Å²) in [6.07, 6.45) is -4.76. The lowest BCUT2D eigenvalue weighted by molar-refractivity contribution is -0.136. The van der Waals surface area contributed by atoms with Gasteiger partial charge in [-0.1, -0.05) is 6.07 Å². The van der Waals surface area contributed by atoms with Gasteiger partial charge in [0.1, 0.15) is 0 Å². The van der Waals surface area contributed by atoms with Crippen molar-refractivity contribution in [3.63, 3.8) is 0 Å². The van der Waals surface area contributed by atoms with Gasteiger partial charge in [-0.05, 0) is 25.0 Å². The summed E-state index contributed by atoms with van der Waals surface area (Å²) >= 11 is 0. The monoisotopic (exact) mass is 335 g/mol. The Morgan fingerprint density at radius 1 is 0.905 bits per heavy atom. The van der Waals surface area contributed by atoms with Crippen LogP contribution in [0, 0.1) is 0 Å². The number of aromatic nitrogens is 1. The number of hydrogen-bond donors (Lipinski definition) is 1. The molecule has 0 spiro atoms. The van der Waals surface area contributed by atoms with Gasteiger partial charge < -0.3 is 0 Å². The predicted octanol–water partition coefficient (Wildman–Crippen LogP) is 3.67. The highest BCUT2D eigenvalue weighted by Crippen LogP contribution is 2.29. The third-order valence-electron chi connectivity index (χ3n) is 2.12. The van der Waals surface area contributed by atoms with Gasteiger partial charge in [0.25, 0.3) is 0 Å². The van der Waals surface area contributed by atoms with E-state index in [2.05, 4.69) is 4.98 Å². The van der Waals surface area contributed by atoms with Crippen LogP contribution in [0.5, 0.6) is 0 Å². The number of pyridine rings is 1. The summed E-state index contributed by atoms with van der Waals surface area (Å²) in [5, 5.41) is -4.38. The van der Waals surface area contributed by atoms with E-state index >= 15 is 0 Å². The van der Waals surface area contributed by atoms with Crippen molar-refractivity contribution in [1.82, 2.24) is 4.98 Å². The lowest BCUT2D eigenvalue weighted by Gasteiger charge is -2.12. The summed E-state index contributed by atoms with van der Waals surface area (Å²) in [5.41, 5.74) is 0. The molecule has 0 fully saturated rings. The largest absolute Gasteiger partial charge is 0.389 e. The van der Waals surface area contributed by atoms with Gasteiger partial charge in [-0.2, -0.15) is 30.4 Å². The fraction of sp³-hybridized carbons (Fsp3) is 0.545. The number of unbranched alkanes of at least 4 members (excludes halogenated alkanes) is 1. The number of hydrogen-bond acceptors (Lipinski definition) is 3. The summed E-state index contributed by atoms with van der Waals surface area (Å²) in [6, 6.07) is 5.72. The zero-order chi connectivity index (χ0) is 16.6. The van der Waals surface area contributed by atoms with Crippen LogP contribution >= 0.6 is 0 Å². The van der Waals surface area contributed by atoms with Crippen LogP contribution in [0.15, 0.2) is 30.6 Å². The van der Waals surface area contributed by atoms with Gasteiger partial charge in [-0.25, -0.2) is 0 Å². The van der Waals surface area contributed by atoms with E-state index in [1.807, 2.05) is 18.2 Å². The van der Waals surface area contributed by atoms with Crippen molar-refractivity contribution in [2.45, 2.75) is 37.1 Å². The minimum absolute atomic E-state index is 0.603. The van der Waals surface area contributed by atoms with Crippen LogP contribution in [0.2, 0.25) is 0 Å². The van der Waals surface area contributed by atoms with Gasteiger partial charge in [0.15, 0.2) is 0 Å². The molecule has 0 amide bonds. The first kappa shape index (κ1) is 19.7. The van der Waals surface area contributed by atoms with E-state index < -0.39 is 47.2 Å². The predicted molar refractivity (Wildman–Crippen MR) is 65.3 cm³/mol. The van der Waals surface area contributed by atoms with Gasteiger partial charge in [0, 0.05) is 25.2 Å². The minimum Gasteiger partial charge on any atom is -0.281 e. The molecule has 0 bridgehead atoms. The third-order valence-corrected chi connectivity index (χ3v) is 3.08. The van der Waals surface area contributed by atoms with E-state index in [1.54, 1.807) is 12.4 Å². The summed E-state index contributed by atoms with van der Waals surface area (Å²) < 4.78 is 87.6. The van der Waals surface area contributed by atoms with E-state index in [4.69, 9.17) is 4.55 Å². The first-order valence-electron chi connectivity index (χ1n) is 5.72. The van der Waals surface area contributed by atoms with Crippen LogP contribution in [0.25, 0.3) is 0 Å². The summed E-state index contributed by atoms with van der Waals surface area (Å²) in [4.78, 5) is 3.78. The molecule has 0 atom stereocenters. The van der Waals surface area contributed by atoms with Gasteiger partial charge in [0.05, 0.1) is 0 Å². The fourth-order valence-corrected chi connectivity index (χ4v) is 1.50. The molecule has 10 heteroatoms. The SMILES string of the molecule is O=S(=O)(O)C(F)(F)CCCCC(F)(F)F.c1ccncc1. The van der Waals surface area contributed by atoms with Crippen molar-refractivity contribution >= 4 is 10.1 Å². The normalized spacial score (nSPS) is 12.5. The second-order valence-electron chi connectivity index (χ2n) is 3.96. The molecule has 1 heterocycles. The molecule has 0 saturated heterocycles. The van der Waals surface area contributed by atoms with Crippen LogP contribution in [-0.2, 0) is 10.1 Å². The second-order valence-corrected chi connectivity index (χ2v) is 5.51. The Balaban J connectivity index is 0.000000547. The molecule has 0 aliphatic heterocycles. The maximum absolute atomic E-state index is 12.4. The van der Waals surface area contributed by atoms with Gasteiger partial charge in [-0.15, -0.1) is 0 Å². The zero-order valence-electron chi connectivity index (χ0n) is 10.7. The van der Waals surface area contributed by atoms with Gasteiger partial charge >= 0.3 is 21.5 Å². The average molecular weight is 335 g/mol. The molecule has 21 heavy (non-hydrogen) atoms. The molecule has 4 nitrogen and oxygen atoms in total. The molecule has 0 unspecified atom stereocenters. The van der Waals surface area contributed by atoms with E-state index in [-0.39, 0.29) is 0 Å². The second kappa shape index (κ2) is 8.23. The maximum atomic E-state index is 12.4. The Hall–Kier alpha value is -1.29. The molecule has 0 aromatic carbocycles. The van der Waals surface area contributed by atoms with E-state index in [1.165, 1.54) is 0 Å². The molecular weight excluding hydrogens is 321 g/mol. The quantitative estimate of drug-likeness (QED) is 0.506. The topological polar surface area (TPSA) is 67.3 Å². The smallest absolute Gasteiger partial charge is 0.281 e. The maximum Gasteiger partial charge on any atom is 0.389 e. The number of nitrogens with zero attached hydrogens (tertiary/aromatic N) is 1. The molecule has 0 aliphatic carbocycles. The molecule has 1 aromatic heterocycles. The molecule has 0 saturated carbocycles. The van der Waals surface area contributed by atoms with Gasteiger partial charge in [0.2, 0.25) is 0 Å². The van der Waals surface area contributed by atoms with E-state index in [0.717, 1.165) is 0 Å². The van der Waals surface area contributed by atoms with Crippen molar-refractivity contribution < 1.29 is 34.9 Å². The van der Waals surface area contributed by atoms with Gasteiger partial charge in [-0.3, -0.25) is 9.54 Å². The average Bonchev–Trinajstić information content (AvgIpc) is 2.35. The molecule has 1 N–H and O–H groups in total. The zero-order valence-corrected chi connectivity index (χ0v) is 11.5. The summed E-state index contributed by atoms with van der Waals surface area (Å²) in [6.45, 7) is 0. The Morgan fingerprint density at radius 3 is 1.67 bits per heavy atom. The van der Waals surface area contributed by atoms with E-state index in [0.29, 0.717) is 0 Å². The number of halogens is 5. The highest BCUT2D eigenvalue weighted by molar-refractivity contribution is 7.86. The molecule has 0 aliphatic rings. The summed E-state index contributed by atoms with van der Waals surface area (Å²) in [5.74, 6) is 0. The van der Waals surface area contributed by atoms with Crippen LogP contribution in [-0.4, -0.2) is 29.4 Å². The molecular formula is C11H14F5NO3S. The van der Waals surface area contributed by atoms with Crippen molar-refractivity contribution in [2.75, 3.05) is 0 Å². The Morgan fingerprint density at radius 2 is 1.38 bits per heavy atom. The molecule has 0 radical (unpaired) electrons. The minimum atomic E-state index is -5.53. The van der Waals surface area contributed by atoms with Crippen molar-refractivity contribution in [2.24, 2.45) is 0 Å². The van der Waals surface area contributed by atoms with Crippen LogP contribution in [0.1, 0.15) is 25.7 Å². The standard InChI is InChI=1S/C6H9F5O3S.C5H5N/c7-5(8,9)3-1-2-4-6(10,11)15(12,13)14;1-2-4-6-5-3-1/h1-4H2,(H,12,13,14);1-5H. The first-order chi connectivity index (χ1) is 9.46. The first-order valence-corrected chi connectivity index (χ1v) is 7.16. The van der Waals surface area contributed by atoms with E-state index in [9.17, 15) is 30.4 Å². The lowest BCUT2D eigenvalue weighted by atomic mass is 10.2. The Labute approximate surface area is 118 Å². The Bertz CT molecular complexity index is 464. The number of alkyl halides is 5. The highest BCUT2D eigenvalue weighted by atomic mass is 32.2. The molecule has 1 aromatic rings. The molecule has 1 rings (SSSR count).